The molecule has 0 N–H and O–H groups in total. The second kappa shape index (κ2) is 10.1. The Balaban J connectivity index is 1.50. The molecule has 5 aliphatic rings. The zero-order chi connectivity index (χ0) is 28.1. The molecular formula is C30H46O8. The molecule has 0 aromatic rings. The molecule has 8 heteroatoms. The summed E-state index contributed by atoms with van der Waals surface area (Å²) >= 11 is 0. The summed E-state index contributed by atoms with van der Waals surface area (Å²) in [6.07, 6.45) is 6.03. The molecule has 3 unspecified atom stereocenters. The van der Waals surface area contributed by atoms with Crippen molar-refractivity contribution in [2.45, 2.75) is 111 Å². The lowest BCUT2D eigenvalue weighted by Crippen LogP contribution is -2.59. The predicted molar refractivity (Wildman–Crippen MR) is 139 cm³/mol. The number of methoxy groups -OCH3 is 1. The Morgan fingerprint density at radius 3 is 1.95 bits per heavy atom. The van der Waals surface area contributed by atoms with Gasteiger partial charge in [0.25, 0.3) is 0 Å². The van der Waals surface area contributed by atoms with Gasteiger partial charge in [0.2, 0.25) is 0 Å². The summed E-state index contributed by atoms with van der Waals surface area (Å²) in [5, 5.41) is 0. The fourth-order valence-corrected chi connectivity index (χ4v) is 8.19. The first-order valence-corrected chi connectivity index (χ1v) is 14.3. The maximum Gasteiger partial charge on any atom is 0.312 e. The van der Waals surface area contributed by atoms with E-state index in [0.29, 0.717) is 18.3 Å². The standard InChI is InChI=1S/C30H46O8/c1-8-28(4,26(34)38-30(6)20-10-18-9-19(12-20)13-21(30)11-18)17-29(5,25(33)35-7)16-27(2,3)24(32)37-22-14-23(31)36-15-22/h18-22H,8-17H2,1-7H3. The van der Waals surface area contributed by atoms with Crippen LogP contribution < -0.4 is 0 Å². The Hall–Kier alpha value is -2.12. The predicted octanol–water partition coefficient (Wildman–Crippen LogP) is 5.01. The third-order valence-electron chi connectivity index (χ3n) is 10.3. The average molecular weight is 535 g/mol. The summed E-state index contributed by atoms with van der Waals surface area (Å²) < 4.78 is 22.1. The van der Waals surface area contributed by atoms with Crippen LogP contribution in [-0.4, -0.2) is 49.3 Å². The van der Waals surface area contributed by atoms with E-state index in [0.717, 1.165) is 37.5 Å². The van der Waals surface area contributed by atoms with Crippen LogP contribution in [0.1, 0.15) is 99.3 Å². The Bertz CT molecular complexity index is 941. The lowest BCUT2D eigenvalue weighted by molar-refractivity contribution is -0.214. The Morgan fingerprint density at radius 1 is 0.895 bits per heavy atom. The molecule has 3 atom stereocenters. The van der Waals surface area contributed by atoms with Gasteiger partial charge < -0.3 is 18.9 Å². The topological polar surface area (TPSA) is 105 Å². The number of cyclic esters (lactones) is 1. The van der Waals surface area contributed by atoms with E-state index < -0.39 is 45.9 Å². The summed E-state index contributed by atoms with van der Waals surface area (Å²) in [6.45, 7) is 11.1. The van der Waals surface area contributed by atoms with E-state index in [1.807, 2.05) is 13.8 Å². The van der Waals surface area contributed by atoms with E-state index in [1.54, 1.807) is 20.8 Å². The van der Waals surface area contributed by atoms with Crippen molar-refractivity contribution in [1.82, 2.24) is 0 Å². The molecule has 0 radical (unpaired) electrons. The van der Waals surface area contributed by atoms with Gasteiger partial charge in [0.15, 0.2) is 0 Å². The van der Waals surface area contributed by atoms with Gasteiger partial charge in [0, 0.05) is 0 Å². The summed E-state index contributed by atoms with van der Waals surface area (Å²) in [6, 6.07) is 0. The van der Waals surface area contributed by atoms with Crippen LogP contribution in [-0.2, 0) is 38.1 Å². The zero-order valence-electron chi connectivity index (χ0n) is 24.2. The Kier molecular flexibility index (Phi) is 7.69. The molecule has 0 spiro atoms. The first-order valence-electron chi connectivity index (χ1n) is 14.3. The summed E-state index contributed by atoms with van der Waals surface area (Å²) in [5.41, 5.74) is -3.62. The number of hydrogen-bond acceptors (Lipinski definition) is 8. The highest BCUT2D eigenvalue weighted by atomic mass is 16.6. The second-order valence-corrected chi connectivity index (χ2v) is 14.0. The molecule has 0 aromatic carbocycles. The molecule has 38 heavy (non-hydrogen) atoms. The minimum absolute atomic E-state index is 0.0259. The molecule has 1 heterocycles. The van der Waals surface area contributed by atoms with E-state index in [4.69, 9.17) is 18.9 Å². The molecule has 1 saturated heterocycles. The third-order valence-corrected chi connectivity index (χ3v) is 10.3. The van der Waals surface area contributed by atoms with Crippen molar-refractivity contribution in [1.29, 1.82) is 0 Å². The maximum atomic E-state index is 13.9. The van der Waals surface area contributed by atoms with Crippen LogP contribution in [0, 0.1) is 39.9 Å². The van der Waals surface area contributed by atoms with Gasteiger partial charge in [-0.15, -0.1) is 0 Å². The van der Waals surface area contributed by atoms with E-state index in [9.17, 15) is 19.2 Å². The number of ether oxygens (including phenoxy) is 4. The zero-order valence-corrected chi connectivity index (χ0v) is 24.2. The van der Waals surface area contributed by atoms with E-state index in [2.05, 4.69) is 6.92 Å². The number of carbonyl (C=O) groups excluding carboxylic acids is 4. The van der Waals surface area contributed by atoms with Gasteiger partial charge >= 0.3 is 23.9 Å². The molecule has 5 fully saturated rings. The molecule has 214 valence electrons. The van der Waals surface area contributed by atoms with Crippen LogP contribution in [0.15, 0.2) is 0 Å². The van der Waals surface area contributed by atoms with Crippen LogP contribution in [0.2, 0.25) is 0 Å². The average Bonchev–Trinajstić information content (AvgIpc) is 3.25. The van der Waals surface area contributed by atoms with Crippen LogP contribution in [0.25, 0.3) is 0 Å². The van der Waals surface area contributed by atoms with E-state index in [1.165, 1.54) is 13.5 Å². The summed E-state index contributed by atoms with van der Waals surface area (Å²) in [5.74, 6) is 0.661. The summed E-state index contributed by atoms with van der Waals surface area (Å²) in [7, 11) is 1.32. The van der Waals surface area contributed by atoms with Gasteiger partial charge in [0.05, 0.1) is 29.8 Å². The molecule has 5 rings (SSSR count). The molecule has 4 saturated carbocycles. The van der Waals surface area contributed by atoms with Gasteiger partial charge in [0.1, 0.15) is 18.3 Å². The molecule has 0 aromatic heterocycles. The first kappa shape index (κ1) is 28.9. The molecule has 4 bridgehead atoms. The molecule has 8 nitrogen and oxygen atoms in total. The lowest BCUT2D eigenvalue weighted by Gasteiger charge is -2.59. The molecule has 0 amide bonds. The number of hydrogen-bond donors (Lipinski definition) is 0. The SMILES string of the molecule is CCC(C)(CC(C)(CC(C)(C)C(=O)OC1COC(=O)C1)C(=O)OC)C(=O)OC1(C)C2CC3CC(C2)CC1C3. The van der Waals surface area contributed by atoms with E-state index >= 15 is 0 Å². The van der Waals surface area contributed by atoms with Crippen molar-refractivity contribution in [3.05, 3.63) is 0 Å². The van der Waals surface area contributed by atoms with Gasteiger partial charge in [-0.1, -0.05) is 6.92 Å². The second-order valence-electron chi connectivity index (χ2n) is 14.0. The minimum atomic E-state index is -1.14. The van der Waals surface area contributed by atoms with Crippen molar-refractivity contribution >= 4 is 23.9 Å². The van der Waals surface area contributed by atoms with Crippen molar-refractivity contribution in [2.75, 3.05) is 13.7 Å². The monoisotopic (exact) mass is 534 g/mol. The number of esters is 4. The number of rotatable bonds is 10. The van der Waals surface area contributed by atoms with Crippen molar-refractivity contribution in [3.63, 3.8) is 0 Å². The lowest BCUT2D eigenvalue weighted by atomic mass is 9.50. The quantitative estimate of drug-likeness (QED) is 0.285. The fraction of sp³-hybridized carbons (Fsp3) is 0.867. The normalized spacial score (nSPS) is 35.1. The van der Waals surface area contributed by atoms with Crippen LogP contribution in [0.4, 0.5) is 0 Å². The highest BCUT2D eigenvalue weighted by molar-refractivity contribution is 5.83. The maximum absolute atomic E-state index is 13.9. The Morgan fingerprint density at radius 2 is 1.47 bits per heavy atom. The largest absolute Gasteiger partial charge is 0.469 e. The third kappa shape index (κ3) is 5.33. The molecule has 1 aliphatic heterocycles. The van der Waals surface area contributed by atoms with Crippen LogP contribution in [0.3, 0.4) is 0 Å². The van der Waals surface area contributed by atoms with Gasteiger partial charge in [-0.2, -0.15) is 0 Å². The van der Waals surface area contributed by atoms with Gasteiger partial charge in [-0.25, -0.2) is 0 Å². The highest BCUT2D eigenvalue weighted by Crippen LogP contribution is 2.60. The highest BCUT2D eigenvalue weighted by Gasteiger charge is 2.58. The molecular weight excluding hydrogens is 488 g/mol. The Labute approximate surface area is 226 Å². The smallest absolute Gasteiger partial charge is 0.312 e. The van der Waals surface area contributed by atoms with Gasteiger partial charge in [-0.3, -0.25) is 19.2 Å². The fourth-order valence-electron chi connectivity index (χ4n) is 8.19. The van der Waals surface area contributed by atoms with Crippen molar-refractivity contribution in [2.24, 2.45) is 39.9 Å². The van der Waals surface area contributed by atoms with E-state index in [-0.39, 0.29) is 31.8 Å². The summed E-state index contributed by atoms with van der Waals surface area (Å²) in [4.78, 5) is 51.7. The molecule has 4 aliphatic carbocycles. The van der Waals surface area contributed by atoms with Crippen molar-refractivity contribution in [3.8, 4) is 0 Å². The van der Waals surface area contributed by atoms with Crippen LogP contribution in [0.5, 0.6) is 0 Å². The van der Waals surface area contributed by atoms with Crippen molar-refractivity contribution < 1.29 is 38.1 Å². The number of carbonyl (C=O) groups is 4. The van der Waals surface area contributed by atoms with Crippen LogP contribution >= 0.6 is 0 Å². The van der Waals surface area contributed by atoms with Gasteiger partial charge in [-0.05, 0) is 110 Å². The minimum Gasteiger partial charge on any atom is -0.469 e. The first-order chi connectivity index (χ1) is 17.6.